The van der Waals surface area contributed by atoms with E-state index in [0.717, 1.165) is 83.5 Å². The van der Waals surface area contributed by atoms with Crippen LogP contribution in [0.4, 0.5) is 0 Å². The molecule has 0 bridgehead atoms. The molecule has 3 rings (SSSR count). The molecule has 0 saturated carbocycles. The molecule has 115 heavy (non-hydrogen) atoms. The van der Waals surface area contributed by atoms with Crippen LogP contribution >= 0.6 is 0 Å². The van der Waals surface area contributed by atoms with Gasteiger partial charge in [-0.2, -0.15) is 0 Å². The molecule has 3 fully saturated rings. The van der Waals surface area contributed by atoms with Crippen molar-refractivity contribution in [2.75, 3.05) is 26.4 Å². The Hall–Kier alpha value is -2.77. The van der Waals surface area contributed by atoms with E-state index in [1.165, 1.54) is 283 Å². The van der Waals surface area contributed by atoms with Crippen molar-refractivity contribution in [3.63, 3.8) is 0 Å². The van der Waals surface area contributed by atoms with Gasteiger partial charge in [0.25, 0.3) is 0 Å². The van der Waals surface area contributed by atoms with Crippen molar-refractivity contribution in [1.82, 2.24) is 5.32 Å². The van der Waals surface area contributed by atoms with Crippen molar-refractivity contribution >= 4 is 5.91 Å². The van der Waals surface area contributed by atoms with E-state index in [2.05, 4.69) is 92.1 Å². The van der Waals surface area contributed by atoms with Gasteiger partial charge in [0.15, 0.2) is 18.9 Å². The van der Waals surface area contributed by atoms with Gasteiger partial charge in [-0.3, -0.25) is 4.79 Å². The normalized spacial score (nSPS) is 24.9. The van der Waals surface area contributed by atoms with E-state index >= 15 is 0 Å². The summed E-state index contributed by atoms with van der Waals surface area (Å²) in [6.07, 6.45) is 74.5. The van der Waals surface area contributed by atoms with Crippen molar-refractivity contribution in [2.24, 2.45) is 0 Å². The van der Waals surface area contributed by atoms with Crippen molar-refractivity contribution < 1.29 is 89.4 Å². The molecule has 0 aliphatic carbocycles. The number of hydrogen-bond donors (Lipinski definition) is 12. The summed E-state index contributed by atoms with van der Waals surface area (Å²) in [5.41, 5.74) is 0. The van der Waals surface area contributed by atoms with Crippen LogP contribution in [0.25, 0.3) is 0 Å². The molecule has 17 atom stereocenters. The smallest absolute Gasteiger partial charge is 0.220 e. The Labute approximate surface area is 699 Å². The summed E-state index contributed by atoms with van der Waals surface area (Å²) in [5, 5.41) is 121. The van der Waals surface area contributed by atoms with Crippen LogP contribution in [-0.4, -0.2) is 193 Å². The van der Waals surface area contributed by atoms with Gasteiger partial charge in [-0.15, -0.1) is 0 Å². The minimum Gasteiger partial charge on any atom is -0.394 e. The molecule has 3 saturated heterocycles. The third kappa shape index (κ3) is 53.0. The number of nitrogens with one attached hydrogen (secondary N) is 1. The second-order valence-electron chi connectivity index (χ2n) is 33.8. The largest absolute Gasteiger partial charge is 0.394 e. The number of ether oxygens (including phenoxy) is 6. The molecule has 3 aliphatic rings. The SMILES string of the molecule is CC/C=C\C/C=C\C/C=C\C/C=C\C/C=C\C/C=C\CCCCCCCCCCCCCCCCCCCCCCCCC(=O)NC(COC1OC(CO)C(OC2OC(CO)C(OC3OC(CO)C(O)C(O)C3O)C(O)C2O)C(O)C1O)C(O)CCCCCCCCCCCCCCCCCCCCCCCCCCCCCCC. The second-order valence-corrected chi connectivity index (χ2v) is 33.8. The number of aliphatic hydroxyl groups is 11. The monoisotopic (exact) mass is 1630 g/mol. The van der Waals surface area contributed by atoms with Gasteiger partial charge < -0.3 is 89.9 Å². The summed E-state index contributed by atoms with van der Waals surface area (Å²) in [4.78, 5) is 13.6. The number of carbonyl (C=O) groups is 1. The van der Waals surface area contributed by atoms with Crippen LogP contribution < -0.4 is 5.32 Å². The molecule has 0 spiro atoms. The first-order chi connectivity index (χ1) is 56.3. The second kappa shape index (κ2) is 75.0. The quantitative estimate of drug-likeness (QED) is 0.0199. The highest BCUT2D eigenvalue weighted by atomic mass is 16.8. The molecule has 0 aromatic heterocycles. The Kier molecular flexibility index (Phi) is 69.4. The first-order valence-electron chi connectivity index (χ1n) is 47.7. The number of unbranched alkanes of at least 4 members (excludes halogenated alkanes) is 50. The van der Waals surface area contributed by atoms with Crippen molar-refractivity contribution in [3.05, 3.63) is 72.9 Å². The van der Waals surface area contributed by atoms with Crippen LogP contribution in [0, 0.1) is 0 Å². The number of aliphatic hydroxyl groups excluding tert-OH is 11. The fourth-order valence-electron chi connectivity index (χ4n) is 16.0. The summed E-state index contributed by atoms with van der Waals surface area (Å²) >= 11 is 0. The molecule has 3 heterocycles. The van der Waals surface area contributed by atoms with E-state index in [9.17, 15) is 61.0 Å². The van der Waals surface area contributed by atoms with Crippen LogP contribution in [0.3, 0.4) is 0 Å². The summed E-state index contributed by atoms with van der Waals surface area (Å²) in [7, 11) is 0. The standard InChI is InChI=1S/C96H175NO18/c1-3-5-7-9-11-13-15-17-19-21-23-25-27-29-31-33-34-35-36-37-38-39-40-41-42-43-44-46-48-50-52-54-56-58-60-62-64-66-68-70-72-74-84(102)97-79(80(101)73-71-69-67-65-63-61-59-57-55-53-51-49-47-45-32-30-28-26-24-22-20-18-16-14-12-10-8-6-4-2)78-110-94-90(108)87(105)92(82(76-99)112-94)115-96-91(109)88(106)93(83(77-100)113-96)114-95-89(107)86(104)85(103)81(75-98)111-95/h5,7,11,13,17,19,23,25,29,31,34-35,79-83,85-96,98-101,103-109H,3-4,6,8-10,12,14-16,18,20-22,24,26-28,30,32-33,36-78H2,1-2H3,(H,97,102)/b7-5-,13-11-,19-17-,25-23-,31-29-,35-34-. The fraction of sp³-hybridized carbons (Fsp3) is 0.865. The average Bonchev–Trinajstić information content (AvgIpc) is 0.778. The zero-order valence-electron chi connectivity index (χ0n) is 72.8. The van der Waals surface area contributed by atoms with Gasteiger partial charge in [0.2, 0.25) is 5.91 Å². The van der Waals surface area contributed by atoms with Crippen molar-refractivity contribution in [2.45, 2.75) is 503 Å². The van der Waals surface area contributed by atoms with Gasteiger partial charge in [0.05, 0.1) is 38.6 Å². The van der Waals surface area contributed by atoms with Gasteiger partial charge in [-0.1, -0.05) is 401 Å². The van der Waals surface area contributed by atoms with Gasteiger partial charge >= 0.3 is 0 Å². The van der Waals surface area contributed by atoms with Crippen LogP contribution in [0.1, 0.15) is 399 Å². The summed E-state index contributed by atoms with van der Waals surface area (Å²) in [5.74, 6) is -0.235. The molecule has 672 valence electrons. The number of allylic oxidation sites excluding steroid dienone is 12. The summed E-state index contributed by atoms with van der Waals surface area (Å²) < 4.78 is 34.6. The molecule has 0 radical (unpaired) electrons. The first-order valence-corrected chi connectivity index (χ1v) is 47.7. The van der Waals surface area contributed by atoms with Gasteiger partial charge in [0.1, 0.15) is 73.2 Å². The van der Waals surface area contributed by atoms with Gasteiger partial charge in [0, 0.05) is 6.42 Å². The lowest BCUT2D eigenvalue weighted by molar-refractivity contribution is -0.379. The summed E-state index contributed by atoms with van der Waals surface area (Å²) in [6, 6.07) is -0.890. The number of hydrogen-bond acceptors (Lipinski definition) is 18. The van der Waals surface area contributed by atoms with Crippen LogP contribution in [0.5, 0.6) is 0 Å². The maximum absolute atomic E-state index is 13.6. The zero-order valence-corrected chi connectivity index (χ0v) is 72.8. The lowest BCUT2D eigenvalue weighted by atomic mass is 9.96. The predicted octanol–water partition coefficient (Wildman–Crippen LogP) is 19.1. The minimum atomic E-state index is -1.97. The van der Waals surface area contributed by atoms with E-state index in [-0.39, 0.29) is 18.9 Å². The lowest BCUT2D eigenvalue weighted by Crippen LogP contribution is -2.66. The predicted molar refractivity (Wildman–Crippen MR) is 466 cm³/mol. The zero-order chi connectivity index (χ0) is 83.1. The Morgan fingerprint density at radius 2 is 0.600 bits per heavy atom. The maximum Gasteiger partial charge on any atom is 0.220 e. The van der Waals surface area contributed by atoms with Crippen molar-refractivity contribution in [3.8, 4) is 0 Å². The molecule has 3 aliphatic heterocycles. The maximum atomic E-state index is 13.6. The third-order valence-corrected chi connectivity index (χ3v) is 23.5. The van der Waals surface area contributed by atoms with E-state index in [1.807, 2.05) is 0 Å². The van der Waals surface area contributed by atoms with E-state index in [1.54, 1.807) is 0 Å². The Morgan fingerprint density at radius 3 is 0.939 bits per heavy atom. The number of amides is 1. The van der Waals surface area contributed by atoms with E-state index in [0.29, 0.717) is 12.8 Å². The molecule has 0 aromatic rings. The molecule has 19 heteroatoms. The third-order valence-electron chi connectivity index (χ3n) is 23.5. The summed E-state index contributed by atoms with van der Waals surface area (Å²) in [6.45, 7) is 1.75. The highest BCUT2D eigenvalue weighted by molar-refractivity contribution is 5.76. The molecule has 1 amide bonds. The molecule has 19 nitrogen and oxygen atoms in total. The van der Waals surface area contributed by atoms with Crippen LogP contribution in [0.2, 0.25) is 0 Å². The number of carbonyl (C=O) groups excluding carboxylic acids is 1. The molecule has 0 aromatic carbocycles. The molecule has 12 N–H and O–H groups in total. The molecular weight excluding hydrogens is 1460 g/mol. The Balaban J connectivity index is 1.28. The lowest BCUT2D eigenvalue weighted by Gasteiger charge is -2.48. The average molecular weight is 1630 g/mol. The molecular formula is C96H175NO18. The van der Waals surface area contributed by atoms with Crippen LogP contribution in [-0.2, 0) is 33.2 Å². The van der Waals surface area contributed by atoms with E-state index in [4.69, 9.17) is 28.4 Å². The number of rotatable bonds is 78. The fourth-order valence-corrected chi connectivity index (χ4v) is 16.0. The Morgan fingerprint density at radius 1 is 0.322 bits per heavy atom. The van der Waals surface area contributed by atoms with Crippen molar-refractivity contribution in [1.29, 1.82) is 0 Å². The topological polar surface area (TPSA) is 307 Å². The van der Waals surface area contributed by atoms with Gasteiger partial charge in [-0.25, -0.2) is 0 Å². The minimum absolute atomic E-state index is 0.235. The van der Waals surface area contributed by atoms with Crippen LogP contribution in [0.15, 0.2) is 72.9 Å². The first kappa shape index (κ1) is 106. The Bertz CT molecular complexity index is 2350. The highest BCUT2D eigenvalue weighted by Gasteiger charge is 2.54. The van der Waals surface area contributed by atoms with E-state index < -0.39 is 124 Å². The van der Waals surface area contributed by atoms with Gasteiger partial charge in [-0.05, 0) is 64.2 Å². The highest BCUT2D eigenvalue weighted by Crippen LogP contribution is 2.34. The molecule has 17 unspecified atom stereocenters.